The van der Waals surface area contributed by atoms with Gasteiger partial charge >= 0.3 is 0 Å². The van der Waals surface area contributed by atoms with Crippen molar-refractivity contribution in [3.05, 3.63) is 36.5 Å². The van der Waals surface area contributed by atoms with Gasteiger partial charge in [-0.1, -0.05) is 0 Å². The van der Waals surface area contributed by atoms with Crippen molar-refractivity contribution in [3.63, 3.8) is 0 Å². The monoisotopic (exact) mass is 343 g/mol. The predicted molar refractivity (Wildman–Crippen MR) is 88.2 cm³/mol. The van der Waals surface area contributed by atoms with Crippen LogP contribution >= 0.6 is 0 Å². The van der Waals surface area contributed by atoms with Crippen molar-refractivity contribution in [1.29, 1.82) is 0 Å². The number of carbonyl (C=O) groups is 1. The minimum atomic E-state index is -0.379. The maximum atomic E-state index is 13.0. The van der Waals surface area contributed by atoms with Crippen LogP contribution in [0.2, 0.25) is 0 Å². The van der Waals surface area contributed by atoms with Gasteiger partial charge in [0.05, 0.1) is 23.3 Å². The Morgan fingerprint density at radius 3 is 2.80 bits per heavy atom. The Balaban J connectivity index is 1.56. The molecule has 2 aliphatic rings. The summed E-state index contributed by atoms with van der Waals surface area (Å²) in [5.41, 5.74) is 0.203. The number of nitrogens with zero attached hydrogens (tertiary/aromatic N) is 5. The number of aliphatic hydroxyl groups excluding tert-OH is 1. The van der Waals surface area contributed by atoms with Crippen LogP contribution in [-0.2, 0) is 4.74 Å². The highest BCUT2D eigenvalue weighted by atomic mass is 16.5. The molecule has 1 N–H and O–H groups in total. The summed E-state index contributed by atoms with van der Waals surface area (Å²) >= 11 is 0. The number of carbonyl (C=O) groups excluding carboxylic acids is 1. The molecule has 0 bridgehead atoms. The number of likely N-dealkylation sites (tertiary alicyclic amines) is 1. The van der Waals surface area contributed by atoms with Crippen molar-refractivity contribution in [2.24, 2.45) is 0 Å². The number of ether oxygens (including phenoxy) is 1. The molecular formula is C17H21N5O3. The fraction of sp³-hybridized carbons (Fsp3) is 0.529. The first kappa shape index (κ1) is 16.2. The molecule has 1 saturated carbocycles. The summed E-state index contributed by atoms with van der Waals surface area (Å²) in [5.74, 6) is 0.586. The first-order valence-corrected chi connectivity index (χ1v) is 8.48. The molecule has 132 valence electrons. The smallest absolute Gasteiger partial charge is 0.255 e. The minimum Gasteiger partial charge on any atom is -0.393 e. The second kappa shape index (κ2) is 6.20. The SMILES string of the molecule is CO[C@]12CC[C@H](O)C[C@H]1N(C(=O)c1ccc(-n3cnnc3)nc1)CC2. The van der Waals surface area contributed by atoms with Crippen LogP contribution in [0.15, 0.2) is 31.0 Å². The quantitative estimate of drug-likeness (QED) is 0.886. The summed E-state index contributed by atoms with van der Waals surface area (Å²) in [6, 6.07) is 3.44. The molecule has 0 unspecified atom stereocenters. The average molecular weight is 343 g/mol. The topological polar surface area (TPSA) is 93.4 Å². The lowest BCUT2D eigenvalue weighted by Gasteiger charge is -2.42. The summed E-state index contributed by atoms with van der Waals surface area (Å²) < 4.78 is 7.48. The van der Waals surface area contributed by atoms with E-state index in [-0.39, 0.29) is 23.7 Å². The highest BCUT2D eigenvalue weighted by molar-refractivity contribution is 5.94. The Labute approximate surface area is 145 Å². The van der Waals surface area contributed by atoms with Crippen molar-refractivity contribution in [1.82, 2.24) is 24.6 Å². The van der Waals surface area contributed by atoms with E-state index < -0.39 is 0 Å². The molecule has 8 nitrogen and oxygen atoms in total. The highest BCUT2D eigenvalue weighted by Gasteiger charge is 2.52. The number of hydrogen-bond donors (Lipinski definition) is 1. The summed E-state index contributed by atoms with van der Waals surface area (Å²) in [4.78, 5) is 19.1. The van der Waals surface area contributed by atoms with E-state index in [1.165, 1.54) is 0 Å². The largest absolute Gasteiger partial charge is 0.393 e. The maximum Gasteiger partial charge on any atom is 0.255 e. The van der Waals surface area contributed by atoms with Crippen molar-refractivity contribution >= 4 is 5.91 Å². The van der Waals surface area contributed by atoms with Crippen molar-refractivity contribution in [2.75, 3.05) is 13.7 Å². The van der Waals surface area contributed by atoms with Crippen LogP contribution < -0.4 is 0 Å². The molecule has 3 atom stereocenters. The lowest BCUT2D eigenvalue weighted by molar-refractivity contribution is -0.0824. The van der Waals surface area contributed by atoms with Gasteiger partial charge in [0.25, 0.3) is 5.91 Å². The van der Waals surface area contributed by atoms with Crippen LogP contribution in [0, 0.1) is 0 Å². The molecule has 3 heterocycles. The lowest BCUT2D eigenvalue weighted by atomic mass is 9.79. The fourth-order valence-corrected chi connectivity index (χ4v) is 4.07. The Morgan fingerprint density at radius 1 is 1.32 bits per heavy atom. The van der Waals surface area contributed by atoms with Gasteiger partial charge in [-0.2, -0.15) is 0 Å². The molecule has 2 aromatic rings. The fourth-order valence-electron chi connectivity index (χ4n) is 4.07. The van der Waals surface area contributed by atoms with E-state index in [0.29, 0.717) is 24.3 Å². The highest BCUT2D eigenvalue weighted by Crippen LogP contribution is 2.42. The molecule has 0 radical (unpaired) electrons. The summed E-state index contributed by atoms with van der Waals surface area (Å²) in [5, 5.41) is 17.6. The zero-order valence-corrected chi connectivity index (χ0v) is 14.1. The van der Waals surface area contributed by atoms with E-state index in [1.54, 1.807) is 42.7 Å². The number of pyridine rings is 1. The third kappa shape index (κ3) is 2.71. The van der Waals surface area contributed by atoms with Crippen LogP contribution in [0.1, 0.15) is 36.0 Å². The van der Waals surface area contributed by atoms with Gasteiger partial charge in [0, 0.05) is 19.9 Å². The van der Waals surface area contributed by atoms with Gasteiger partial charge in [-0.05, 0) is 37.8 Å². The minimum absolute atomic E-state index is 0.0687. The Kier molecular flexibility index (Phi) is 4.01. The van der Waals surface area contributed by atoms with Gasteiger partial charge in [0.15, 0.2) is 0 Å². The molecular weight excluding hydrogens is 322 g/mol. The Hall–Kier alpha value is -2.32. The third-order valence-electron chi connectivity index (χ3n) is 5.50. The van der Waals surface area contributed by atoms with Crippen LogP contribution in [-0.4, -0.2) is 67.1 Å². The van der Waals surface area contributed by atoms with Crippen LogP contribution in [0.3, 0.4) is 0 Å². The van der Waals surface area contributed by atoms with Crippen molar-refractivity contribution < 1.29 is 14.6 Å². The summed E-state index contributed by atoms with van der Waals surface area (Å²) in [6.07, 6.45) is 7.18. The van der Waals surface area contributed by atoms with Crippen molar-refractivity contribution in [2.45, 2.75) is 43.4 Å². The van der Waals surface area contributed by atoms with Crippen LogP contribution in [0.4, 0.5) is 0 Å². The standard InChI is InChI=1S/C17H21N5O3/c1-25-17-5-4-13(23)8-14(17)22(7-6-17)16(24)12-2-3-15(18-9-12)21-10-19-20-11-21/h2-3,9-11,13-14,23H,4-8H2,1H3/t13-,14+,17-/m0/s1. The first-order chi connectivity index (χ1) is 12.1. The van der Waals surface area contributed by atoms with Gasteiger partial charge in [-0.15, -0.1) is 10.2 Å². The molecule has 2 aromatic heterocycles. The van der Waals surface area contributed by atoms with Crippen LogP contribution in [0.5, 0.6) is 0 Å². The molecule has 8 heteroatoms. The number of aliphatic hydroxyl groups is 1. The number of hydrogen-bond acceptors (Lipinski definition) is 6. The predicted octanol–water partition coefficient (Wildman–Crippen LogP) is 0.807. The zero-order chi connectivity index (χ0) is 17.4. The van der Waals surface area contributed by atoms with Gasteiger partial charge in [0.2, 0.25) is 0 Å². The Bertz CT molecular complexity index is 748. The molecule has 4 rings (SSSR count). The average Bonchev–Trinajstić information content (AvgIpc) is 3.30. The number of rotatable bonds is 3. The second-order valence-corrected chi connectivity index (χ2v) is 6.74. The molecule has 1 aliphatic heterocycles. The van der Waals surface area contributed by atoms with E-state index in [1.807, 2.05) is 4.90 Å². The van der Waals surface area contributed by atoms with Gasteiger partial charge in [-0.3, -0.25) is 9.36 Å². The maximum absolute atomic E-state index is 13.0. The van der Waals surface area contributed by atoms with Crippen molar-refractivity contribution in [3.8, 4) is 5.82 Å². The molecule has 2 fully saturated rings. The summed E-state index contributed by atoms with van der Waals surface area (Å²) in [7, 11) is 1.70. The van der Waals surface area contributed by atoms with Gasteiger partial charge in [0.1, 0.15) is 18.5 Å². The normalized spacial score (nSPS) is 28.8. The molecule has 1 saturated heterocycles. The van der Waals surface area contributed by atoms with E-state index in [4.69, 9.17) is 4.74 Å². The number of fused-ring (bicyclic) bond motifs is 1. The Morgan fingerprint density at radius 2 is 2.12 bits per heavy atom. The van der Waals surface area contributed by atoms with E-state index in [0.717, 1.165) is 19.3 Å². The third-order valence-corrected chi connectivity index (χ3v) is 5.50. The number of methoxy groups -OCH3 is 1. The second-order valence-electron chi connectivity index (χ2n) is 6.74. The van der Waals surface area contributed by atoms with E-state index in [2.05, 4.69) is 15.2 Å². The zero-order valence-electron chi connectivity index (χ0n) is 14.1. The van der Waals surface area contributed by atoms with Gasteiger partial charge < -0.3 is 14.7 Å². The van der Waals surface area contributed by atoms with Crippen LogP contribution in [0.25, 0.3) is 5.82 Å². The summed E-state index contributed by atoms with van der Waals surface area (Å²) in [6.45, 7) is 0.636. The molecule has 1 aliphatic carbocycles. The first-order valence-electron chi connectivity index (χ1n) is 8.48. The number of aromatic nitrogens is 4. The van der Waals surface area contributed by atoms with E-state index >= 15 is 0 Å². The van der Waals surface area contributed by atoms with E-state index in [9.17, 15) is 9.90 Å². The molecule has 25 heavy (non-hydrogen) atoms. The lowest BCUT2D eigenvalue weighted by Crippen LogP contribution is -2.52. The molecule has 0 aromatic carbocycles. The molecule has 1 amide bonds. The number of amides is 1. The molecule has 0 spiro atoms. The van der Waals surface area contributed by atoms with Gasteiger partial charge in [-0.25, -0.2) is 4.98 Å².